The molecule has 3 rings (SSSR count). The lowest BCUT2D eigenvalue weighted by atomic mass is 9.84. The van der Waals surface area contributed by atoms with Crippen LogP contribution in [0.1, 0.15) is 31.9 Å². The predicted octanol–water partition coefficient (Wildman–Crippen LogP) is 3.76. The SMILES string of the molecule is CC(C)(C)c1c(CO)ccc([Si](c2ccccc2)c2ccccc2)c1Br. The van der Waals surface area contributed by atoms with Gasteiger partial charge in [-0.05, 0) is 21.7 Å². The Bertz CT molecular complexity index is 830. The summed E-state index contributed by atoms with van der Waals surface area (Å²) in [7, 11) is -1.14. The van der Waals surface area contributed by atoms with E-state index in [1.165, 1.54) is 21.1 Å². The Morgan fingerprint density at radius 1 is 0.808 bits per heavy atom. The average molecular weight is 424 g/mol. The lowest BCUT2D eigenvalue weighted by Crippen LogP contribution is -2.52. The van der Waals surface area contributed by atoms with Gasteiger partial charge in [0, 0.05) is 4.47 Å². The molecule has 0 unspecified atom stereocenters. The Balaban J connectivity index is 2.26. The molecule has 0 aliphatic rings. The summed E-state index contributed by atoms with van der Waals surface area (Å²) in [6, 6.07) is 25.8. The topological polar surface area (TPSA) is 20.2 Å². The van der Waals surface area contributed by atoms with Gasteiger partial charge >= 0.3 is 0 Å². The van der Waals surface area contributed by atoms with Crippen molar-refractivity contribution >= 4 is 40.3 Å². The molecular weight excluding hydrogens is 400 g/mol. The van der Waals surface area contributed by atoms with Crippen molar-refractivity contribution in [3.05, 3.63) is 88.4 Å². The monoisotopic (exact) mass is 423 g/mol. The summed E-state index contributed by atoms with van der Waals surface area (Å²) in [6.45, 7) is 6.67. The minimum atomic E-state index is -1.14. The zero-order valence-corrected chi connectivity index (χ0v) is 18.0. The molecule has 0 saturated heterocycles. The van der Waals surface area contributed by atoms with Crippen LogP contribution in [0.25, 0.3) is 0 Å². The normalized spacial score (nSPS) is 11.8. The molecule has 1 nitrogen and oxygen atoms in total. The molecule has 3 aromatic rings. The van der Waals surface area contributed by atoms with E-state index in [0.29, 0.717) is 0 Å². The molecule has 1 N–H and O–H groups in total. The smallest absolute Gasteiger partial charge is 0.156 e. The Hall–Kier alpha value is -1.68. The van der Waals surface area contributed by atoms with E-state index in [2.05, 4.69) is 109 Å². The lowest BCUT2D eigenvalue weighted by molar-refractivity contribution is 0.278. The van der Waals surface area contributed by atoms with Crippen molar-refractivity contribution in [2.45, 2.75) is 32.8 Å². The van der Waals surface area contributed by atoms with Crippen molar-refractivity contribution in [3.8, 4) is 0 Å². The summed E-state index contributed by atoms with van der Waals surface area (Å²) >= 11 is 3.92. The Morgan fingerprint density at radius 2 is 1.31 bits per heavy atom. The highest BCUT2D eigenvalue weighted by molar-refractivity contribution is 9.10. The third-order valence-electron chi connectivity index (χ3n) is 4.54. The standard InChI is InChI=1S/C23H24BrOSi/c1-23(2,3)21-17(16-25)14-15-20(22(21)24)26(18-10-6-4-7-11-18)19-12-8-5-9-13-19/h4-15,25H,16H2,1-3H3. The minimum absolute atomic E-state index is 0.0484. The van der Waals surface area contributed by atoms with Gasteiger partial charge in [0.1, 0.15) is 0 Å². The second kappa shape index (κ2) is 7.91. The number of aliphatic hydroxyl groups is 1. The fraction of sp³-hybridized carbons (Fsp3) is 0.217. The molecule has 133 valence electrons. The summed E-state index contributed by atoms with van der Waals surface area (Å²) in [4.78, 5) is 0. The molecule has 3 aromatic carbocycles. The first kappa shape index (κ1) is 19.1. The van der Waals surface area contributed by atoms with Crippen LogP contribution in [0.3, 0.4) is 0 Å². The van der Waals surface area contributed by atoms with Gasteiger partial charge in [0.15, 0.2) is 8.80 Å². The first-order valence-electron chi connectivity index (χ1n) is 8.84. The van der Waals surface area contributed by atoms with Crippen LogP contribution < -0.4 is 15.6 Å². The lowest BCUT2D eigenvalue weighted by Gasteiger charge is -2.28. The van der Waals surface area contributed by atoms with Crippen LogP contribution in [0, 0.1) is 0 Å². The van der Waals surface area contributed by atoms with Gasteiger partial charge in [-0.15, -0.1) is 0 Å². The third kappa shape index (κ3) is 3.85. The summed E-state index contributed by atoms with van der Waals surface area (Å²) in [5.74, 6) is 0. The average Bonchev–Trinajstić information content (AvgIpc) is 2.64. The molecule has 0 amide bonds. The summed E-state index contributed by atoms with van der Waals surface area (Å²) in [5.41, 5.74) is 2.15. The number of rotatable bonds is 4. The molecule has 0 aliphatic heterocycles. The molecule has 0 atom stereocenters. The summed E-state index contributed by atoms with van der Waals surface area (Å²) < 4.78 is 1.14. The molecule has 0 aromatic heterocycles. The molecule has 0 fully saturated rings. The van der Waals surface area contributed by atoms with Crippen LogP contribution in [0.5, 0.6) is 0 Å². The van der Waals surface area contributed by atoms with Crippen LogP contribution in [0.15, 0.2) is 77.3 Å². The van der Waals surface area contributed by atoms with Gasteiger partial charge in [-0.1, -0.05) is 120 Å². The maximum absolute atomic E-state index is 9.86. The zero-order chi connectivity index (χ0) is 18.7. The van der Waals surface area contributed by atoms with E-state index in [4.69, 9.17) is 0 Å². The van der Waals surface area contributed by atoms with E-state index in [0.717, 1.165) is 10.0 Å². The quantitative estimate of drug-likeness (QED) is 0.500. The van der Waals surface area contributed by atoms with Gasteiger partial charge in [0.25, 0.3) is 0 Å². The van der Waals surface area contributed by atoms with Gasteiger partial charge in [-0.2, -0.15) is 0 Å². The first-order chi connectivity index (χ1) is 12.4. The minimum Gasteiger partial charge on any atom is -0.392 e. The van der Waals surface area contributed by atoms with Crippen molar-refractivity contribution in [1.29, 1.82) is 0 Å². The van der Waals surface area contributed by atoms with Gasteiger partial charge in [-0.3, -0.25) is 0 Å². The van der Waals surface area contributed by atoms with Crippen LogP contribution in [-0.4, -0.2) is 13.9 Å². The van der Waals surface area contributed by atoms with E-state index >= 15 is 0 Å². The molecule has 3 heteroatoms. The van der Waals surface area contributed by atoms with Crippen LogP contribution in [0.2, 0.25) is 0 Å². The van der Waals surface area contributed by atoms with Crippen molar-refractivity contribution < 1.29 is 5.11 Å². The van der Waals surface area contributed by atoms with Gasteiger partial charge < -0.3 is 5.11 Å². The van der Waals surface area contributed by atoms with Gasteiger partial charge in [0.05, 0.1) is 6.61 Å². The number of hydrogen-bond donors (Lipinski definition) is 1. The molecule has 0 aliphatic carbocycles. The summed E-state index contributed by atoms with van der Waals surface area (Å²) in [5, 5.41) is 13.9. The number of halogens is 1. The van der Waals surface area contributed by atoms with Crippen molar-refractivity contribution in [2.75, 3.05) is 0 Å². The first-order valence-corrected chi connectivity index (χ1v) is 11.1. The van der Waals surface area contributed by atoms with Crippen molar-refractivity contribution in [2.24, 2.45) is 0 Å². The van der Waals surface area contributed by atoms with Gasteiger partial charge in [0.2, 0.25) is 0 Å². The highest BCUT2D eigenvalue weighted by atomic mass is 79.9. The second-order valence-corrected chi connectivity index (χ2v) is 10.7. The molecular formula is C23H24BrOSi. The van der Waals surface area contributed by atoms with Crippen LogP contribution >= 0.6 is 15.9 Å². The maximum atomic E-state index is 9.86. The highest BCUT2D eigenvalue weighted by Crippen LogP contribution is 2.32. The van der Waals surface area contributed by atoms with E-state index in [1.54, 1.807) is 0 Å². The molecule has 0 heterocycles. The molecule has 0 spiro atoms. The van der Waals surface area contributed by atoms with Crippen molar-refractivity contribution in [1.82, 2.24) is 0 Å². The van der Waals surface area contributed by atoms with Crippen LogP contribution in [0.4, 0.5) is 0 Å². The number of aliphatic hydroxyl groups excluding tert-OH is 1. The second-order valence-electron chi connectivity index (χ2n) is 7.48. The zero-order valence-electron chi connectivity index (χ0n) is 15.5. The largest absolute Gasteiger partial charge is 0.392 e. The Labute approximate surface area is 166 Å². The third-order valence-corrected chi connectivity index (χ3v) is 8.51. The fourth-order valence-electron chi connectivity index (χ4n) is 3.44. The predicted molar refractivity (Wildman–Crippen MR) is 116 cm³/mol. The Kier molecular flexibility index (Phi) is 5.81. The van der Waals surface area contributed by atoms with Gasteiger partial charge in [-0.25, -0.2) is 0 Å². The van der Waals surface area contributed by atoms with E-state index in [-0.39, 0.29) is 12.0 Å². The van der Waals surface area contributed by atoms with Crippen LogP contribution in [-0.2, 0) is 12.0 Å². The molecule has 1 radical (unpaired) electrons. The number of hydrogen-bond acceptors (Lipinski definition) is 1. The van der Waals surface area contributed by atoms with E-state index < -0.39 is 8.80 Å². The molecule has 0 bridgehead atoms. The van der Waals surface area contributed by atoms with E-state index in [9.17, 15) is 5.11 Å². The molecule has 26 heavy (non-hydrogen) atoms. The fourth-order valence-corrected chi connectivity index (χ4v) is 7.62. The summed E-state index contributed by atoms with van der Waals surface area (Å²) in [6.07, 6.45) is 0. The number of benzene rings is 3. The van der Waals surface area contributed by atoms with E-state index in [1.807, 2.05) is 0 Å². The highest BCUT2D eigenvalue weighted by Gasteiger charge is 2.28. The van der Waals surface area contributed by atoms with Crippen molar-refractivity contribution in [3.63, 3.8) is 0 Å². The Morgan fingerprint density at radius 3 is 1.73 bits per heavy atom. The maximum Gasteiger partial charge on any atom is 0.156 e. The molecule has 0 saturated carbocycles.